The summed E-state index contributed by atoms with van der Waals surface area (Å²) >= 11 is 0. The number of amides is 1. The van der Waals surface area contributed by atoms with Crippen molar-refractivity contribution in [1.82, 2.24) is 9.62 Å². The number of carbonyl (C=O) groups excluding carboxylic acids is 1. The van der Waals surface area contributed by atoms with Crippen LogP contribution in [0.15, 0.2) is 41.3 Å². The highest BCUT2D eigenvalue weighted by atomic mass is 32.2. The molecule has 2 aromatic rings. The van der Waals surface area contributed by atoms with Crippen LogP contribution in [-0.4, -0.2) is 46.4 Å². The van der Waals surface area contributed by atoms with Crippen molar-refractivity contribution in [2.45, 2.75) is 44.6 Å². The van der Waals surface area contributed by atoms with Crippen molar-refractivity contribution < 1.29 is 13.2 Å². The van der Waals surface area contributed by atoms with Gasteiger partial charge in [0, 0.05) is 37.9 Å². The number of hydrogen-bond donors (Lipinski definition) is 1. The Bertz CT molecular complexity index is 1030. The first kappa shape index (κ1) is 22.3. The van der Waals surface area contributed by atoms with Crippen molar-refractivity contribution in [3.05, 3.63) is 58.7 Å². The van der Waals surface area contributed by atoms with Crippen LogP contribution in [0.4, 0.5) is 5.69 Å². The minimum absolute atomic E-state index is 0.149. The Morgan fingerprint density at radius 2 is 1.77 bits per heavy atom. The third-order valence-corrected chi connectivity index (χ3v) is 7.41. The topological polar surface area (TPSA) is 69.7 Å². The highest BCUT2D eigenvalue weighted by molar-refractivity contribution is 7.89. The van der Waals surface area contributed by atoms with Crippen LogP contribution in [0.2, 0.25) is 0 Å². The van der Waals surface area contributed by atoms with E-state index >= 15 is 0 Å². The van der Waals surface area contributed by atoms with Gasteiger partial charge in [-0.1, -0.05) is 18.2 Å². The molecule has 162 valence electrons. The second-order valence-electron chi connectivity index (χ2n) is 7.96. The number of benzene rings is 2. The van der Waals surface area contributed by atoms with E-state index in [1.807, 2.05) is 19.1 Å². The standard InChI is InChI=1S/C23H31N3O3S/c1-17-14-20(15-22(18(17)2)30(28,29)24-3)23(27)25(4)16-19-10-6-7-11-21(19)26-12-8-5-9-13-26/h6-7,10-11,14-15,24H,5,8-9,12-13,16H2,1-4H3. The number of carbonyl (C=O) groups is 1. The molecule has 1 aliphatic rings. The lowest BCUT2D eigenvalue weighted by molar-refractivity contribution is 0.0785. The largest absolute Gasteiger partial charge is 0.371 e. The van der Waals surface area contributed by atoms with Crippen LogP contribution >= 0.6 is 0 Å². The number of sulfonamides is 1. The first-order chi connectivity index (χ1) is 14.2. The maximum Gasteiger partial charge on any atom is 0.253 e. The van der Waals surface area contributed by atoms with Gasteiger partial charge < -0.3 is 9.80 Å². The second-order valence-corrected chi connectivity index (χ2v) is 9.82. The third-order valence-electron chi connectivity index (χ3n) is 5.87. The number of nitrogens with zero attached hydrogens (tertiary/aromatic N) is 2. The van der Waals surface area contributed by atoms with Gasteiger partial charge >= 0.3 is 0 Å². The summed E-state index contributed by atoms with van der Waals surface area (Å²) in [6, 6.07) is 11.4. The molecule has 7 heteroatoms. The molecule has 0 bridgehead atoms. The zero-order valence-corrected chi connectivity index (χ0v) is 19.1. The van der Waals surface area contributed by atoms with E-state index in [-0.39, 0.29) is 10.8 Å². The lowest BCUT2D eigenvalue weighted by atomic mass is 10.0. The summed E-state index contributed by atoms with van der Waals surface area (Å²) in [6.07, 6.45) is 3.64. The Labute approximate surface area is 179 Å². The number of nitrogens with one attached hydrogen (secondary N) is 1. The van der Waals surface area contributed by atoms with Crippen molar-refractivity contribution in [2.24, 2.45) is 0 Å². The number of para-hydroxylation sites is 1. The van der Waals surface area contributed by atoms with Gasteiger partial charge in [0.1, 0.15) is 0 Å². The SMILES string of the molecule is CNS(=O)(=O)c1cc(C(=O)N(C)Cc2ccccc2N2CCCCC2)cc(C)c1C. The van der Waals surface area contributed by atoms with E-state index in [2.05, 4.69) is 21.8 Å². The van der Waals surface area contributed by atoms with Crippen LogP contribution in [0, 0.1) is 13.8 Å². The number of rotatable bonds is 6. The lowest BCUT2D eigenvalue weighted by Crippen LogP contribution is -2.32. The lowest BCUT2D eigenvalue weighted by Gasteiger charge is -2.31. The molecule has 0 atom stereocenters. The van der Waals surface area contributed by atoms with E-state index in [4.69, 9.17) is 0 Å². The summed E-state index contributed by atoms with van der Waals surface area (Å²) < 4.78 is 27.1. The van der Waals surface area contributed by atoms with E-state index in [9.17, 15) is 13.2 Å². The maximum atomic E-state index is 13.2. The van der Waals surface area contributed by atoms with Crippen molar-refractivity contribution in [3.8, 4) is 0 Å². The normalized spacial score (nSPS) is 14.6. The van der Waals surface area contributed by atoms with Crippen LogP contribution in [0.25, 0.3) is 0 Å². The molecule has 1 heterocycles. The molecule has 2 aromatic carbocycles. The predicted molar refractivity (Wildman–Crippen MR) is 120 cm³/mol. The van der Waals surface area contributed by atoms with Gasteiger partial charge in [-0.05, 0) is 75.0 Å². The molecule has 6 nitrogen and oxygen atoms in total. The van der Waals surface area contributed by atoms with E-state index in [0.29, 0.717) is 17.7 Å². The predicted octanol–water partition coefficient (Wildman–Crippen LogP) is 3.47. The number of piperidine rings is 1. The summed E-state index contributed by atoms with van der Waals surface area (Å²) in [5.74, 6) is -0.195. The third kappa shape index (κ3) is 4.68. The summed E-state index contributed by atoms with van der Waals surface area (Å²) in [7, 11) is -0.503. The fraction of sp³-hybridized carbons (Fsp3) is 0.435. The Morgan fingerprint density at radius 3 is 2.43 bits per heavy atom. The zero-order chi connectivity index (χ0) is 21.9. The molecular weight excluding hydrogens is 398 g/mol. The van der Waals surface area contributed by atoms with Crippen LogP contribution in [0.5, 0.6) is 0 Å². The van der Waals surface area contributed by atoms with Gasteiger partial charge in [-0.25, -0.2) is 13.1 Å². The fourth-order valence-electron chi connectivity index (χ4n) is 3.98. The summed E-state index contributed by atoms with van der Waals surface area (Å²) in [5.41, 5.74) is 4.08. The number of aryl methyl sites for hydroxylation is 1. The van der Waals surface area contributed by atoms with Gasteiger partial charge in [-0.2, -0.15) is 0 Å². The van der Waals surface area contributed by atoms with Gasteiger partial charge in [-0.3, -0.25) is 4.79 Å². The van der Waals surface area contributed by atoms with E-state index in [1.54, 1.807) is 24.9 Å². The zero-order valence-electron chi connectivity index (χ0n) is 18.2. The Morgan fingerprint density at radius 1 is 1.10 bits per heavy atom. The average molecular weight is 430 g/mol. The molecule has 0 saturated carbocycles. The molecule has 3 rings (SSSR count). The van der Waals surface area contributed by atoms with Gasteiger partial charge in [0.15, 0.2) is 0 Å². The smallest absolute Gasteiger partial charge is 0.253 e. The molecule has 0 aliphatic carbocycles. The molecule has 0 radical (unpaired) electrons. The Kier molecular flexibility index (Phi) is 6.83. The molecule has 1 N–H and O–H groups in total. The fourth-order valence-corrected chi connectivity index (χ4v) is 5.04. The van der Waals surface area contributed by atoms with Gasteiger partial charge in [-0.15, -0.1) is 0 Å². The first-order valence-electron chi connectivity index (χ1n) is 10.4. The van der Waals surface area contributed by atoms with E-state index in [1.165, 1.54) is 38.1 Å². The monoisotopic (exact) mass is 429 g/mol. The molecule has 1 fully saturated rings. The summed E-state index contributed by atoms with van der Waals surface area (Å²) in [4.78, 5) is 17.4. The van der Waals surface area contributed by atoms with Crippen molar-refractivity contribution in [1.29, 1.82) is 0 Å². The van der Waals surface area contributed by atoms with Crippen LogP contribution in [0.1, 0.15) is 46.3 Å². The van der Waals surface area contributed by atoms with Gasteiger partial charge in [0.2, 0.25) is 10.0 Å². The van der Waals surface area contributed by atoms with Crippen LogP contribution in [-0.2, 0) is 16.6 Å². The number of anilines is 1. The Balaban J connectivity index is 1.87. The molecular formula is C23H31N3O3S. The van der Waals surface area contributed by atoms with Crippen molar-refractivity contribution >= 4 is 21.6 Å². The molecule has 0 spiro atoms. The Hall–Kier alpha value is -2.38. The van der Waals surface area contributed by atoms with Crippen molar-refractivity contribution in [2.75, 3.05) is 32.1 Å². The number of hydrogen-bond acceptors (Lipinski definition) is 4. The molecule has 0 unspecified atom stereocenters. The van der Waals surface area contributed by atoms with Gasteiger partial charge in [0.25, 0.3) is 5.91 Å². The molecule has 0 aromatic heterocycles. The van der Waals surface area contributed by atoms with Crippen LogP contribution in [0.3, 0.4) is 0 Å². The molecule has 1 saturated heterocycles. The van der Waals surface area contributed by atoms with E-state index < -0.39 is 10.0 Å². The highest BCUT2D eigenvalue weighted by Crippen LogP contribution is 2.26. The highest BCUT2D eigenvalue weighted by Gasteiger charge is 2.22. The molecule has 30 heavy (non-hydrogen) atoms. The first-order valence-corrected chi connectivity index (χ1v) is 11.9. The van der Waals surface area contributed by atoms with Crippen LogP contribution < -0.4 is 9.62 Å². The van der Waals surface area contributed by atoms with E-state index in [0.717, 1.165) is 24.2 Å². The minimum atomic E-state index is -3.64. The molecule has 1 amide bonds. The molecule has 1 aliphatic heterocycles. The average Bonchev–Trinajstić information content (AvgIpc) is 2.75. The summed E-state index contributed by atoms with van der Waals surface area (Å²) in [6.45, 7) is 6.12. The summed E-state index contributed by atoms with van der Waals surface area (Å²) in [5, 5.41) is 0. The van der Waals surface area contributed by atoms with Crippen molar-refractivity contribution in [3.63, 3.8) is 0 Å². The second kappa shape index (κ2) is 9.18. The quantitative estimate of drug-likeness (QED) is 0.763. The minimum Gasteiger partial charge on any atom is -0.371 e. The van der Waals surface area contributed by atoms with Gasteiger partial charge in [0.05, 0.1) is 4.90 Å². The maximum absolute atomic E-state index is 13.2.